The van der Waals surface area contributed by atoms with Gasteiger partial charge in [0.25, 0.3) is 5.91 Å². The van der Waals surface area contributed by atoms with Crippen molar-refractivity contribution < 1.29 is 14.3 Å². The van der Waals surface area contributed by atoms with Crippen LogP contribution in [-0.4, -0.2) is 29.9 Å². The number of rotatable bonds is 6. The number of nitrogens with zero attached hydrogens (tertiary/aromatic N) is 2. The van der Waals surface area contributed by atoms with Crippen molar-refractivity contribution in [2.45, 2.75) is 6.04 Å². The van der Waals surface area contributed by atoms with Crippen LogP contribution in [0.3, 0.4) is 0 Å². The highest BCUT2D eigenvalue weighted by molar-refractivity contribution is 6.08. The van der Waals surface area contributed by atoms with E-state index in [0.717, 1.165) is 34.0 Å². The summed E-state index contributed by atoms with van der Waals surface area (Å²) >= 11 is 0. The molecule has 170 valence electrons. The minimum absolute atomic E-state index is 0.221. The number of nitrogens with one attached hydrogen (secondary N) is 2. The van der Waals surface area contributed by atoms with Gasteiger partial charge < -0.3 is 20.1 Å². The number of ether oxygens (including phenoxy) is 2. The fraction of sp³-hybridized carbons (Fsp3) is 0.111. The van der Waals surface area contributed by atoms with Crippen molar-refractivity contribution >= 4 is 23.1 Å². The number of anilines is 2. The molecule has 1 aromatic heterocycles. The van der Waals surface area contributed by atoms with Crippen LogP contribution in [0.25, 0.3) is 5.70 Å². The van der Waals surface area contributed by atoms with E-state index in [1.165, 1.54) is 0 Å². The molecular formula is C27H24N4O3. The van der Waals surface area contributed by atoms with E-state index < -0.39 is 0 Å². The second kappa shape index (κ2) is 9.15. The highest BCUT2D eigenvalue weighted by Crippen LogP contribution is 2.36. The van der Waals surface area contributed by atoms with Gasteiger partial charge in [0.15, 0.2) is 0 Å². The van der Waals surface area contributed by atoms with E-state index in [1.807, 2.05) is 83.5 Å². The van der Waals surface area contributed by atoms with Crippen molar-refractivity contribution in [1.29, 1.82) is 0 Å². The lowest BCUT2D eigenvalue weighted by molar-refractivity contribution is 0.102. The number of allylic oxidation sites excluding steroid dienone is 1. The Morgan fingerprint density at radius 2 is 1.71 bits per heavy atom. The first-order valence-electron chi connectivity index (χ1n) is 10.9. The van der Waals surface area contributed by atoms with Crippen LogP contribution in [0.15, 0.2) is 91.1 Å². The van der Waals surface area contributed by atoms with E-state index in [-0.39, 0.29) is 11.9 Å². The van der Waals surface area contributed by atoms with Crippen molar-refractivity contribution in [3.8, 4) is 11.5 Å². The predicted molar refractivity (Wildman–Crippen MR) is 132 cm³/mol. The Morgan fingerprint density at radius 1 is 0.941 bits per heavy atom. The molecule has 2 heterocycles. The van der Waals surface area contributed by atoms with Gasteiger partial charge in [-0.05, 0) is 48.0 Å². The molecule has 5 rings (SSSR count). The molecule has 0 radical (unpaired) electrons. The summed E-state index contributed by atoms with van der Waals surface area (Å²) in [5, 5.41) is 10.9. The summed E-state index contributed by atoms with van der Waals surface area (Å²) in [6.45, 7) is 0. The molecular weight excluding hydrogens is 428 g/mol. The Bertz CT molecular complexity index is 1340. The minimum atomic E-state index is -0.236. The Balaban J connectivity index is 1.56. The van der Waals surface area contributed by atoms with Gasteiger partial charge in [0.1, 0.15) is 22.9 Å². The van der Waals surface area contributed by atoms with Crippen LogP contribution in [0, 0.1) is 0 Å². The molecule has 1 aliphatic rings. The van der Waals surface area contributed by atoms with Gasteiger partial charge in [-0.3, -0.25) is 4.79 Å². The van der Waals surface area contributed by atoms with Gasteiger partial charge in [-0.2, -0.15) is 5.10 Å². The van der Waals surface area contributed by atoms with E-state index in [1.54, 1.807) is 20.4 Å². The van der Waals surface area contributed by atoms with Crippen LogP contribution in [0.2, 0.25) is 0 Å². The van der Waals surface area contributed by atoms with Crippen LogP contribution >= 0.6 is 0 Å². The van der Waals surface area contributed by atoms with Crippen molar-refractivity contribution in [3.05, 3.63) is 108 Å². The van der Waals surface area contributed by atoms with E-state index in [4.69, 9.17) is 9.47 Å². The topological polar surface area (TPSA) is 77.4 Å². The van der Waals surface area contributed by atoms with Crippen LogP contribution in [0.1, 0.15) is 27.5 Å². The number of methoxy groups -OCH3 is 2. The molecule has 0 unspecified atom stereocenters. The first kappa shape index (κ1) is 21.3. The number of benzene rings is 3. The van der Waals surface area contributed by atoms with Gasteiger partial charge in [-0.15, -0.1) is 0 Å². The van der Waals surface area contributed by atoms with Crippen molar-refractivity contribution in [1.82, 2.24) is 9.78 Å². The Morgan fingerprint density at radius 3 is 2.44 bits per heavy atom. The average Bonchev–Trinajstić information content (AvgIpc) is 3.33. The molecule has 0 aliphatic carbocycles. The monoisotopic (exact) mass is 452 g/mol. The van der Waals surface area contributed by atoms with E-state index in [2.05, 4.69) is 21.8 Å². The lowest BCUT2D eigenvalue weighted by Gasteiger charge is -2.26. The largest absolute Gasteiger partial charge is 0.497 e. The Labute approximate surface area is 197 Å². The maximum atomic E-state index is 13.2. The predicted octanol–water partition coefficient (Wildman–Crippen LogP) is 5.21. The smallest absolute Gasteiger partial charge is 0.261 e. The summed E-state index contributed by atoms with van der Waals surface area (Å²) in [6, 6.07) is 24.8. The quantitative estimate of drug-likeness (QED) is 0.420. The number of fused-ring (bicyclic) bond motifs is 1. The zero-order valence-corrected chi connectivity index (χ0v) is 18.9. The molecule has 4 aromatic rings. The number of para-hydroxylation sites is 1. The number of carbonyl (C=O) groups is 1. The summed E-state index contributed by atoms with van der Waals surface area (Å²) in [5.41, 5.74) is 4.00. The van der Waals surface area contributed by atoms with Gasteiger partial charge in [-0.25, -0.2) is 4.68 Å². The average molecular weight is 453 g/mol. The summed E-state index contributed by atoms with van der Waals surface area (Å²) < 4.78 is 12.6. The third-order valence-corrected chi connectivity index (χ3v) is 5.75. The van der Waals surface area contributed by atoms with Crippen LogP contribution < -0.4 is 20.1 Å². The Kier molecular flexibility index (Phi) is 5.74. The SMILES string of the molecule is COc1ccc([C@@H]2C=C(c3cccc(OC)c3)Nc3c(C(=O)Nc4ccccc4)cnn32)cc1. The summed E-state index contributed by atoms with van der Waals surface area (Å²) in [7, 11) is 3.28. The summed E-state index contributed by atoms with van der Waals surface area (Å²) in [4.78, 5) is 13.2. The standard InChI is InChI=1S/C27H24N4O3/c1-33-21-13-11-18(12-14-21)25-16-24(19-7-6-10-22(15-19)34-2)30-26-23(17-28-31(25)26)27(32)29-20-8-4-3-5-9-20/h3-17,25,30H,1-2H3,(H,29,32)/t25-/m0/s1. The van der Waals surface area contributed by atoms with E-state index in [9.17, 15) is 4.79 Å². The van der Waals surface area contributed by atoms with Crippen LogP contribution in [0.4, 0.5) is 11.5 Å². The first-order chi connectivity index (χ1) is 16.7. The van der Waals surface area contributed by atoms with E-state index >= 15 is 0 Å². The summed E-state index contributed by atoms with van der Waals surface area (Å²) in [6.07, 6.45) is 3.69. The number of hydrogen-bond donors (Lipinski definition) is 2. The molecule has 1 aliphatic heterocycles. The molecule has 1 amide bonds. The maximum absolute atomic E-state index is 13.2. The minimum Gasteiger partial charge on any atom is -0.497 e. The lowest BCUT2D eigenvalue weighted by atomic mass is 10.0. The van der Waals surface area contributed by atoms with Gasteiger partial charge in [-0.1, -0.05) is 42.5 Å². The first-order valence-corrected chi connectivity index (χ1v) is 10.9. The van der Waals surface area contributed by atoms with E-state index in [0.29, 0.717) is 11.4 Å². The normalized spacial score (nSPS) is 14.4. The van der Waals surface area contributed by atoms with Gasteiger partial charge in [0.2, 0.25) is 0 Å². The zero-order valence-electron chi connectivity index (χ0n) is 18.9. The molecule has 34 heavy (non-hydrogen) atoms. The second-order valence-electron chi connectivity index (χ2n) is 7.83. The molecule has 3 aromatic carbocycles. The van der Waals surface area contributed by atoms with Crippen LogP contribution in [-0.2, 0) is 0 Å². The number of amides is 1. The molecule has 0 saturated heterocycles. The lowest BCUT2D eigenvalue weighted by Crippen LogP contribution is -2.22. The van der Waals surface area contributed by atoms with Gasteiger partial charge >= 0.3 is 0 Å². The fourth-order valence-electron chi connectivity index (χ4n) is 3.98. The zero-order chi connectivity index (χ0) is 23.5. The molecule has 0 fully saturated rings. The molecule has 1 atom stereocenters. The Hall–Kier alpha value is -4.52. The molecule has 2 N–H and O–H groups in total. The summed E-state index contributed by atoms with van der Waals surface area (Å²) in [5.74, 6) is 1.91. The molecule has 7 heteroatoms. The number of aromatic nitrogens is 2. The second-order valence-corrected chi connectivity index (χ2v) is 7.83. The fourth-order valence-corrected chi connectivity index (χ4v) is 3.98. The van der Waals surface area contributed by atoms with Gasteiger partial charge in [0, 0.05) is 16.9 Å². The maximum Gasteiger partial charge on any atom is 0.261 e. The molecule has 7 nitrogen and oxygen atoms in total. The molecule has 0 spiro atoms. The number of hydrogen-bond acceptors (Lipinski definition) is 5. The molecule has 0 saturated carbocycles. The molecule has 0 bridgehead atoms. The van der Waals surface area contributed by atoms with Crippen molar-refractivity contribution in [2.75, 3.05) is 24.9 Å². The van der Waals surface area contributed by atoms with Crippen LogP contribution in [0.5, 0.6) is 11.5 Å². The van der Waals surface area contributed by atoms with Crippen molar-refractivity contribution in [2.24, 2.45) is 0 Å². The number of carbonyl (C=O) groups excluding carboxylic acids is 1. The highest BCUT2D eigenvalue weighted by Gasteiger charge is 2.28. The van der Waals surface area contributed by atoms with Crippen molar-refractivity contribution in [3.63, 3.8) is 0 Å². The van der Waals surface area contributed by atoms with Gasteiger partial charge in [0.05, 0.1) is 26.5 Å². The highest BCUT2D eigenvalue weighted by atomic mass is 16.5. The third-order valence-electron chi connectivity index (χ3n) is 5.75. The third kappa shape index (κ3) is 4.11.